The van der Waals surface area contributed by atoms with E-state index in [0.29, 0.717) is 6.07 Å². The normalized spacial score (nSPS) is 20.0. The number of nitro benzene ring substituents is 1. The van der Waals surface area contributed by atoms with Crippen LogP contribution in [-0.4, -0.2) is 39.9 Å². The van der Waals surface area contributed by atoms with E-state index in [4.69, 9.17) is 0 Å². The number of imide groups is 1. The van der Waals surface area contributed by atoms with Gasteiger partial charge in [0.05, 0.1) is 28.7 Å². The van der Waals surface area contributed by atoms with Gasteiger partial charge in [0.15, 0.2) is 0 Å². The Kier molecular flexibility index (Phi) is 4.05. The Morgan fingerprint density at radius 3 is 2.54 bits per heavy atom. The number of alkyl halides is 3. The highest BCUT2D eigenvalue weighted by molar-refractivity contribution is 6.06. The largest absolute Gasteiger partial charge is 0.573 e. The van der Waals surface area contributed by atoms with Crippen molar-refractivity contribution in [1.82, 2.24) is 10.2 Å². The average Bonchev–Trinajstić information content (AvgIpc) is 2.82. The van der Waals surface area contributed by atoms with Crippen LogP contribution in [0.3, 0.4) is 0 Å². The summed E-state index contributed by atoms with van der Waals surface area (Å²) in [6.07, 6.45) is -5.10. The quantitative estimate of drug-likeness (QED) is 0.484. The highest BCUT2D eigenvalue weighted by Gasteiger charge is 2.43. The monoisotopic (exact) mass is 373 g/mol. The predicted octanol–water partition coefficient (Wildman–Crippen LogP) is 1.25. The number of benzene rings is 1. The van der Waals surface area contributed by atoms with Crippen molar-refractivity contribution in [1.29, 1.82) is 0 Å². The molecule has 1 unspecified atom stereocenters. The number of nitro groups is 1. The first-order valence-electron chi connectivity index (χ1n) is 7.28. The number of carbonyl (C=O) groups is 3. The number of rotatable bonds is 3. The molecule has 0 aliphatic carbocycles. The first kappa shape index (κ1) is 17.6. The lowest BCUT2D eigenvalue weighted by molar-refractivity contribution is -0.385. The number of fused-ring (bicyclic) bond motifs is 1. The van der Waals surface area contributed by atoms with Crippen LogP contribution >= 0.6 is 0 Å². The van der Waals surface area contributed by atoms with Crippen LogP contribution in [-0.2, 0) is 16.1 Å². The van der Waals surface area contributed by atoms with Gasteiger partial charge in [0.2, 0.25) is 11.8 Å². The standard InChI is InChI=1S/C14H10F3N3O6/c15-14(16,17)26-6-3-7-8(10(4-6)20(24)25)5-19(13(7)23)9-1-2-11(21)18-12(9)22/h3-4,9H,1-2,5H2,(H,18,21,22). The van der Waals surface area contributed by atoms with Crippen molar-refractivity contribution in [3.63, 3.8) is 0 Å². The van der Waals surface area contributed by atoms with Crippen molar-refractivity contribution >= 4 is 23.4 Å². The van der Waals surface area contributed by atoms with Crippen LogP contribution in [0.15, 0.2) is 12.1 Å². The minimum atomic E-state index is -5.09. The molecular formula is C14H10F3N3O6. The molecule has 2 aliphatic heterocycles. The summed E-state index contributed by atoms with van der Waals surface area (Å²) in [5, 5.41) is 13.2. The number of amides is 3. The minimum Gasteiger partial charge on any atom is -0.406 e. The molecule has 3 rings (SSSR count). The molecule has 1 fully saturated rings. The maximum Gasteiger partial charge on any atom is 0.573 e. The Balaban J connectivity index is 1.98. The topological polar surface area (TPSA) is 119 Å². The predicted molar refractivity (Wildman–Crippen MR) is 75.8 cm³/mol. The van der Waals surface area contributed by atoms with Crippen molar-refractivity contribution < 1.29 is 37.2 Å². The fraction of sp³-hybridized carbons (Fsp3) is 0.357. The number of carbonyl (C=O) groups excluding carboxylic acids is 3. The van der Waals surface area contributed by atoms with E-state index in [1.165, 1.54) is 0 Å². The lowest BCUT2D eigenvalue weighted by Gasteiger charge is -2.29. The van der Waals surface area contributed by atoms with Crippen LogP contribution in [0.25, 0.3) is 0 Å². The van der Waals surface area contributed by atoms with Gasteiger partial charge in [0.25, 0.3) is 11.6 Å². The van der Waals surface area contributed by atoms with E-state index in [1.54, 1.807) is 0 Å². The van der Waals surface area contributed by atoms with Gasteiger partial charge in [-0.05, 0) is 12.5 Å². The molecular weight excluding hydrogens is 363 g/mol. The SMILES string of the molecule is O=C1CCC(N2Cc3c(cc(OC(F)(F)F)cc3[N+](=O)[O-])C2=O)C(=O)N1. The molecule has 2 aliphatic rings. The van der Waals surface area contributed by atoms with E-state index < -0.39 is 46.5 Å². The van der Waals surface area contributed by atoms with E-state index >= 15 is 0 Å². The molecule has 1 N–H and O–H groups in total. The van der Waals surface area contributed by atoms with Gasteiger partial charge < -0.3 is 9.64 Å². The molecule has 0 aromatic heterocycles. The van der Waals surface area contributed by atoms with Gasteiger partial charge in [-0.25, -0.2) is 0 Å². The number of nitrogens with one attached hydrogen (secondary N) is 1. The van der Waals surface area contributed by atoms with Crippen LogP contribution in [0.5, 0.6) is 5.75 Å². The molecule has 1 atom stereocenters. The highest BCUT2D eigenvalue weighted by atomic mass is 19.4. The molecule has 0 spiro atoms. The Bertz CT molecular complexity index is 838. The molecule has 0 bridgehead atoms. The van der Waals surface area contributed by atoms with Gasteiger partial charge in [0, 0.05) is 6.42 Å². The fourth-order valence-corrected chi connectivity index (χ4v) is 2.97. The van der Waals surface area contributed by atoms with Crippen LogP contribution in [0, 0.1) is 10.1 Å². The summed E-state index contributed by atoms with van der Waals surface area (Å²) < 4.78 is 40.9. The molecule has 1 aromatic carbocycles. The van der Waals surface area contributed by atoms with Gasteiger partial charge in [-0.1, -0.05) is 0 Å². The third-order valence-electron chi connectivity index (χ3n) is 4.04. The number of nitrogens with zero attached hydrogens (tertiary/aromatic N) is 2. The number of hydrogen-bond donors (Lipinski definition) is 1. The average molecular weight is 373 g/mol. The van der Waals surface area contributed by atoms with Crippen molar-refractivity contribution in [2.45, 2.75) is 31.8 Å². The van der Waals surface area contributed by atoms with Crippen LogP contribution in [0.2, 0.25) is 0 Å². The van der Waals surface area contributed by atoms with E-state index in [9.17, 15) is 37.7 Å². The highest BCUT2D eigenvalue weighted by Crippen LogP contribution is 2.38. The molecule has 1 saturated heterocycles. The van der Waals surface area contributed by atoms with Gasteiger partial charge in [-0.3, -0.25) is 29.8 Å². The second kappa shape index (κ2) is 5.97. The molecule has 138 valence electrons. The second-order valence-electron chi connectivity index (χ2n) is 5.67. The van der Waals surface area contributed by atoms with Gasteiger partial charge in [-0.2, -0.15) is 0 Å². The number of ether oxygens (including phenoxy) is 1. The number of hydrogen-bond acceptors (Lipinski definition) is 6. The third kappa shape index (κ3) is 3.17. The van der Waals surface area contributed by atoms with Gasteiger partial charge >= 0.3 is 6.36 Å². The van der Waals surface area contributed by atoms with Crippen LogP contribution in [0.1, 0.15) is 28.8 Å². The molecule has 9 nitrogen and oxygen atoms in total. The van der Waals surface area contributed by atoms with E-state index in [-0.39, 0.29) is 30.5 Å². The number of halogens is 3. The Morgan fingerprint density at radius 1 is 1.27 bits per heavy atom. The fourth-order valence-electron chi connectivity index (χ4n) is 2.97. The van der Waals surface area contributed by atoms with Gasteiger partial charge in [0.1, 0.15) is 11.8 Å². The van der Waals surface area contributed by atoms with Crippen molar-refractivity contribution in [3.8, 4) is 5.75 Å². The zero-order valence-corrected chi connectivity index (χ0v) is 12.8. The summed E-state index contributed by atoms with van der Waals surface area (Å²) >= 11 is 0. The molecule has 3 amide bonds. The molecule has 0 saturated carbocycles. The molecule has 0 radical (unpaired) electrons. The van der Waals surface area contributed by atoms with Crippen molar-refractivity contribution in [3.05, 3.63) is 33.4 Å². The summed E-state index contributed by atoms with van der Waals surface area (Å²) in [7, 11) is 0. The maximum atomic E-state index is 12.5. The van der Waals surface area contributed by atoms with Crippen molar-refractivity contribution in [2.24, 2.45) is 0 Å². The summed E-state index contributed by atoms with van der Waals surface area (Å²) in [6, 6.07) is 0.289. The smallest absolute Gasteiger partial charge is 0.406 e. The third-order valence-corrected chi connectivity index (χ3v) is 4.04. The van der Waals surface area contributed by atoms with Crippen molar-refractivity contribution in [2.75, 3.05) is 0 Å². The van der Waals surface area contributed by atoms with Crippen LogP contribution in [0.4, 0.5) is 18.9 Å². The van der Waals surface area contributed by atoms with Gasteiger partial charge in [-0.15, -0.1) is 13.2 Å². The minimum absolute atomic E-state index is 0.0180. The number of piperidine rings is 1. The van der Waals surface area contributed by atoms with E-state index in [1.807, 2.05) is 0 Å². The Morgan fingerprint density at radius 2 is 1.96 bits per heavy atom. The molecule has 2 heterocycles. The van der Waals surface area contributed by atoms with E-state index in [2.05, 4.69) is 10.1 Å². The lowest BCUT2D eigenvalue weighted by Crippen LogP contribution is -2.52. The van der Waals surface area contributed by atoms with E-state index in [0.717, 1.165) is 11.0 Å². The first-order valence-corrected chi connectivity index (χ1v) is 7.28. The molecule has 12 heteroatoms. The Hall–Kier alpha value is -3.18. The zero-order chi connectivity index (χ0) is 19.2. The first-order chi connectivity index (χ1) is 12.1. The summed E-state index contributed by atoms with van der Waals surface area (Å²) in [5.74, 6) is -2.99. The summed E-state index contributed by atoms with van der Waals surface area (Å²) in [4.78, 5) is 46.9. The second-order valence-corrected chi connectivity index (χ2v) is 5.67. The Labute approximate surface area is 142 Å². The molecule has 26 heavy (non-hydrogen) atoms. The summed E-state index contributed by atoms with van der Waals surface area (Å²) in [6.45, 7) is -0.330. The lowest BCUT2D eigenvalue weighted by atomic mass is 10.0. The van der Waals surface area contributed by atoms with Crippen LogP contribution < -0.4 is 10.1 Å². The zero-order valence-electron chi connectivity index (χ0n) is 12.8. The summed E-state index contributed by atoms with van der Waals surface area (Å²) in [5.41, 5.74) is -1.17. The maximum absolute atomic E-state index is 12.5. The molecule has 1 aromatic rings.